The van der Waals surface area contributed by atoms with E-state index in [-0.39, 0.29) is 11.9 Å². The van der Waals surface area contributed by atoms with Crippen molar-refractivity contribution in [2.75, 3.05) is 13.1 Å². The third kappa shape index (κ3) is 3.34. The van der Waals surface area contributed by atoms with E-state index in [2.05, 4.69) is 30.3 Å². The Morgan fingerprint density at radius 2 is 1.72 bits per heavy atom. The van der Waals surface area contributed by atoms with Gasteiger partial charge in [-0.05, 0) is 54.7 Å². The Bertz CT molecular complexity index is 743. The normalized spacial score (nSPS) is 25.2. The second kappa shape index (κ2) is 7.01. The van der Waals surface area contributed by atoms with Gasteiger partial charge in [0.05, 0.1) is 0 Å². The van der Waals surface area contributed by atoms with Crippen LogP contribution in [0.4, 0.5) is 0 Å². The van der Waals surface area contributed by atoms with Crippen molar-refractivity contribution < 1.29 is 4.79 Å². The van der Waals surface area contributed by atoms with Crippen LogP contribution >= 0.6 is 0 Å². The van der Waals surface area contributed by atoms with Crippen LogP contribution in [0, 0.1) is 11.8 Å². The first kappa shape index (κ1) is 16.3. The number of likely N-dealkylation sites (tertiary alicyclic amines) is 1. The lowest BCUT2D eigenvalue weighted by Crippen LogP contribution is -2.34. The number of rotatable bonds is 4. The van der Waals surface area contributed by atoms with Gasteiger partial charge in [0.25, 0.3) is 5.91 Å². The maximum absolute atomic E-state index is 13.1. The SMILES string of the molecule is NC1CCC2CN(C(=O)c3ccccc3CCc3ccccc3)CC12. The van der Waals surface area contributed by atoms with E-state index in [0.717, 1.165) is 43.5 Å². The molecule has 4 rings (SSSR count). The number of hydrogen-bond acceptors (Lipinski definition) is 2. The maximum atomic E-state index is 13.1. The maximum Gasteiger partial charge on any atom is 0.254 e. The lowest BCUT2D eigenvalue weighted by atomic mass is 9.98. The minimum atomic E-state index is 0.185. The quantitative estimate of drug-likeness (QED) is 0.933. The van der Waals surface area contributed by atoms with Crippen LogP contribution < -0.4 is 5.73 Å². The fraction of sp³-hybridized carbons (Fsp3) is 0.409. The van der Waals surface area contributed by atoms with Gasteiger partial charge >= 0.3 is 0 Å². The van der Waals surface area contributed by atoms with Crippen LogP contribution in [0.2, 0.25) is 0 Å². The molecule has 1 saturated heterocycles. The third-order valence-electron chi connectivity index (χ3n) is 5.97. The fourth-order valence-corrected chi connectivity index (χ4v) is 4.51. The minimum absolute atomic E-state index is 0.185. The summed E-state index contributed by atoms with van der Waals surface area (Å²) in [5, 5.41) is 0. The molecular formula is C22H26N2O. The van der Waals surface area contributed by atoms with E-state index >= 15 is 0 Å². The van der Waals surface area contributed by atoms with Gasteiger partial charge < -0.3 is 10.6 Å². The summed E-state index contributed by atoms with van der Waals surface area (Å²) in [5.41, 5.74) is 9.55. The Kier molecular flexibility index (Phi) is 4.58. The van der Waals surface area contributed by atoms with Crippen molar-refractivity contribution in [3.05, 3.63) is 71.3 Å². The smallest absolute Gasteiger partial charge is 0.254 e. The van der Waals surface area contributed by atoms with Gasteiger partial charge in [-0.25, -0.2) is 0 Å². The third-order valence-corrected chi connectivity index (χ3v) is 5.97. The van der Waals surface area contributed by atoms with Gasteiger partial charge in [-0.1, -0.05) is 48.5 Å². The van der Waals surface area contributed by atoms with Crippen LogP contribution in [0.15, 0.2) is 54.6 Å². The number of amides is 1. The number of carbonyl (C=O) groups is 1. The number of benzene rings is 2. The molecule has 1 aliphatic carbocycles. The van der Waals surface area contributed by atoms with E-state index in [1.54, 1.807) is 0 Å². The average Bonchev–Trinajstić information content (AvgIpc) is 3.23. The molecule has 0 spiro atoms. The summed E-state index contributed by atoms with van der Waals surface area (Å²) in [6, 6.07) is 18.8. The molecule has 1 heterocycles. The van der Waals surface area contributed by atoms with Crippen molar-refractivity contribution in [3.63, 3.8) is 0 Å². The molecule has 1 amide bonds. The standard InChI is InChI=1S/C22H26N2O/c23-21-13-12-18-14-24(15-20(18)21)22(25)19-9-5-4-8-17(19)11-10-16-6-2-1-3-7-16/h1-9,18,20-21H,10-15,23H2. The van der Waals surface area contributed by atoms with Crippen LogP contribution in [0.3, 0.4) is 0 Å². The molecule has 2 N–H and O–H groups in total. The van der Waals surface area contributed by atoms with E-state index in [4.69, 9.17) is 5.73 Å². The molecule has 2 aliphatic rings. The van der Waals surface area contributed by atoms with Crippen molar-refractivity contribution in [2.45, 2.75) is 31.7 Å². The van der Waals surface area contributed by atoms with E-state index in [1.165, 1.54) is 12.0 Å². The van der Waals surface area contributed by atoms with Crippen LogP contribution in [0.5, 0.6) is 0 Å². The first-order valence-corrected chi connectivity index (χ1v) is 9.39. The highest BCUT2D eigenvalue weighted by atomic mass is 16.2. The largest absolute Gasteiger partial charge is 0.338 e. The van der Waals surface area contributed by atoms with E-state index in [0.29, 0.717) is 11.8 Å². The first-order valence-electron chi connectivity index (χ1n) is 9.39. The summed E-state index contributed by atoms with van der Waals surface area (Å²) in [4.78, 5) is 15.1. The average molecular weight is 334 g/mol. The summed E-state index contributed by atoms with van der Waals surface area (Å²) >= 11 is 0. The zero-order valence-corrected chi connectivity index (χ0v) is 14.6. The molecule has 0 aromatic heterocycles. The Labute approximate surface area is 149 Å². The number of nitrogens with two attached hydrogens (primary N) is 1. The van der Waals surface area contributed by atoms with Gasteiger partial charge in [-0.15, -0.1) is 0 Å². The van der Waals surface area contributed by atoms with Gasteiger partial charge in [0.15, 0.2) is 0 Å². The predicted octanol–water partition coefficient (Wildman–Crippen LogP) is 3.28. The topological polar surface area (TPSA) is 46.3 Å². The Hall–Kier alpha value is -2.13. The van der Waals surface area contributed by atoms with Crippen molar-refractivity contribution in [1.29, 1.82) is 0 Å². The van der Waals surface area contributed by atoms with Gasteiger partial charge in [-0.3, -0.25) is 4.79 Å². The van der Waals surface area contributed by atoms with Crippen molar-refractivity contribution in [3.8, 4) is 0 Å². The van der Waals surface area contributed by atoms with Crippen LogP contribution in [0.1, 0.15) is 34.3 Å². The van der Waals surface area contributed by atoms with Crippen molar-refractivity contribution >= 4 is 5.91 Å². The molecular weight excluding hydrogens is 308 g/mol. The van der Waals surface area contributed by atoms with Gasteiger partial charge in [-0.2, -0.15) is 0 Å². The number of carbonyl (C=O) groups excluding carboxylic acids is 1. The molecule has 2 aromatic rings. The molecule has 3 unspecified atom stereocenters. The van der Waals surface area contributed by atoms with E-state index < -0.39 is 0 Å². The lowest BCUT2D eigenvalue weighted by molar-refractivity contribution is 0.0778. The lowest BCUT2D eigenvalue weighted by Gasteiger charge is -2.20. The Balaban J connectivity index is 1.48. The highest BCUT2D eigenvalue weighted by Crippen LogP contribution is 2.37. The molecule has 1 saturated carbocycles. The summed E-state index contributed by atoms with van der Waals surface area (Å²) in [5.74, 6) is 1.29. The highest BCUT2D eigenvalue weighted by Gasteiger charge is 2.42. The Morgan fingerprint density at radius 1 is 0.960 bits per heavy atom. The molecule has 25 heavy (non-hydrogen) atoms. The first-order chi connectivity index (χ1) is 12.2. The van der Waals surface area contributed by atoms with E-state index in [1.807, 2.05) is 29.2 Å². The second-order valence-electron chi connectivity index (χ2n) is 7.52. The molecule has 3 heteroatoms. The van der Waals surface area contributed by atoms with Crippen LogP contribution in [0.25, 0.3) is 0 Å². The van der Waals surface area contributed by atoms with E-state index in [9.17, 15) is 4.79 Å². The minimum Gasteiger partial charge on any atom is -0.338 e. The molecule has 2 fully saturated rings. The second-order valence-corrected chi connectivity index (χ2v) is 7.52. The molecule has 0 radical (unpaired) electrons. The zero-order chi connectivity index (χ0) is 17.2. The molecule has 2 aromatic carbocycles. The summed E-state index contributed by atoms with van der Waals surface area (Å²) < 4.78 is 0. The molecule has 0 bridgehead atoms. The number of nitrogens with zero attached hydrogens (tertiary/aromatic N) is 1. The van der Waals surface area contributed by atoms with Crippen LogP contribution in [-0.4, -0.2) is 29.9 Å². The number of fused-ring (bicyclic) bond motifs is 1. The summed E-state index contributed by atoms with van der Waals surface area (Å²) in [6.07, 6.45) is 4.14. The van der Waals surface area contributed by atoms with Crippen molar-refractivity contribution in [2.24, 2.45) is 17.6 Å². The molecule has 3 nitrogen and oxygen atoms in total. The summed E-state index contributed by atoms with van der Waals surface area (Å²) in [7, 11) is 0. The monoisotopic (exact) mass is 334 g/mol. The number of hydrogen-bond donors (Lipinski definition) is 1. The Morgan fingerprint density at radius 3 is 2.52 bits per heavy atom. The van der Waals surface area contributed by atoms with Gasteiger partial charge in [0, 0.05) is 24.7 Å². The molecule has 1 aliphatic heterocycles. The number of aryl methyl sites for hydroxylation is 2. The van der Waals surface area contributed by atoms with Gasteiger partial charge in [0.1, 0.15) is 0 Å². The highest BCUT2D eigenvalue weighted by molar-refractivity contribution is 5.96. The molecule has 3 atom stereocenters. The van der Waals surface area contributed by atoms with Crippen molar-refractivity contribution in [1.82, 2.24) is 4.90 Å². The predicted molar refractivity (Wildman–Crippen MR) is 100 cm³/mol. The zero-order valence-electron chi connectivity index (χ0n) is 14.6. The van der Waals surface area contributed by atoms with Crippen LogP contribution in [-0.2, 0) is 12.8 Å². The van der Waals surface area contributed by atoms with Gasteiger partial charge in [0.2, 0.25) is 0 Å². The molecule has 130 valence electrons. The fourth-order valence-electron chi connectivity index (χ4n) is 4.51. The summed E-state index contributed by atoms with van der Waals surface area (Å²) in [6.45, 7) is 1.71.